The Morgan fingerprint density at radius 2 is 1.96 bits per heavy atom. The van der Waals surface area contributed by atoms with Crippen molar-refractivity contribution < 1.29 is 14.7 Å². The fraction of sp³-hybridized carbons (Fsp3) is 0.125. The quantitative estimate of drug-likeness (QED) is 0.571. The molecule has 3 aromatic rings. The van der Waals surface area contributed by atoms with Crippen LogP contribution in [-0.2, 0) is 17.9 Å². The van der Waals surface area contributed by atoms with Gasteiger partial charge in [-0.1, -0.05) is 29.3 Å². The summed E-state index contributed by atoms with van der Waals surface area (Å²) in [4.78, 5) is 23.0. The molecule has 0 fully saturated rings. The number of carboxylic acid groups (broad SMARTS) is 1. The van der Waals surface area contributed by atoms with Gasteiger partial charge >= 0.3 is 5.97 Å². The summed E-state index contributed by atoms with van der Waals surface area (Å²) in [5, 5.41) is 20.7. The lowest BCUT2D eigenvalue weighted by molar-refractivity contribution is -0.116. The molecule has 1 amide bonds. The number of carbonyl (C=O) groups excluding carboxylic acids is 1. The highest BCUT2D eigenvalue weighted by atomic mass is 79.9. The van der Waals surface area contributed by atoms with Crippen molar-refractivity contribution in [2.75, 3.05) is 5.32 Å². The Kier molecular flexibility index (Phi) is 5.83. The third-order valence-electron chi connectivity index (χ3n) is 3.49. The number of carboxylic acids is 1. The van der Waals surface area contributed by atoms with Crippen molar-refractivity contribution in [3.63, 3.8) is 0 Å². The molecule has 3 rings (SSSR count). The molecule has 0 saturated carbocycles. The van der Waals surface area contributed by atoms with Gasteiger partial charge in [0.1, 0.15) is 6.54 Å². The van der Waals surface area contributed by atoms with Crippen LogP contribution in [-0.4, -0.2) is 36.5 Å². The van der Waals surface area contributed by atoms with Gasteiger partial charge in [-0.3, -0.25) is 14.2 Å². The van der Waals surface area contributed by atoms with Gasteiger partial charge in [0.15, 0.2) is 11.5 Å². The number of aromatic carboxylic acids is 1. The standard InChI is InChI=1S/C16H12BrCl2N5O3/c17-11-7-24(6-9-1-2-10(18)5-12(9)19)22-15(11)20-14(25)8-23-4-3-13(21-23)16(26)27/h1-5,7H,6,8H2,(H,26,27)(H,20,22,25). The summed E-state index contributed by atoms with van der Waals surface area (Å²) in [5.74, 6) is -1.22. The molecule has 11 heteroatoms. The fourth-order valence-electron chi connectivity index (χ4n) is 2.27. The molecule has 1 aromatic carbocycles. The second kappa shape index (κ2) is 8.12. The molecule has 0 aliphatic heterocycles. The summed E-state index contributed by atoms with van der Waals surface area (Å²) >= 11 is 15.4. The maximum atomic E-state index is 12.1. The zero-order valence-corrected chi connectivity index (χ0v) is 16.7. The summed E-state index contributed by atoms with van der Waals surface area (Å²) < 4.78 is 3.44. The number of carbonyl (C=O) groups is 2. The zero-order chi connectivity index (χ0) is 19.6. The number of hydrogen-bond acceptors (Lipinski definition) is 4. The van der Waals surface area contributed by atoms with E-state index in [2.05, 4.69) is 31.4 Å². The van der Waals surface area contributed by atoms with Crippen molar-refractivity contribution in [1.82, 2.24) is 19.6 Å². The van der Waals surface area contributed by atoms with Crippen LogP contribution in [0.5, 0.6) is 0 Å². The predicted molar refractivity (Wildman–Crippen MR) is 103 cm³/mol. The molecule has 2 heterocycles. The third kappa shape index (κ3) is 4.88. The highest BCUT2D eigenvalue weighted by molar-refractivity contribution is 9.10. The van der Waals surface area contributed by atoms with Crippen LogP contribution in [0, 0.1) is 0 Å². The van der Waals surface area contributed by atoms with Crippen molar-refractivity contribution in [1.29, 1.82) is 0 Å². The van der Waals surface area contributed by atoms with Crippen LogP contribution in [0.3, 0.4) is 0 Å². The SMILES string of the molecule is O=C(Cn1ccc(C(=O)O)n1)Nc1nn(Cc2ccc(Cl)cc2Cl)cc1Br. The number of hydrogen-bond donors (Lipinski definition) is 2. The van der Waals surface area contributed by atoms with E-state index in [1.165, 1.54) is 16.9 Å². The van der Waals surface area contributed by atoms with Gasteiger partial charge < -0.3 is 10.4 Å². The Balaban J connectivity index is 1.66. The van der Waals surface area contributed by atoms with Crippen molar-refractivity contribution in [2.24, 2.45) is 0 Å². The predicted octanol–water partition coefficient (Wildman–Crippen LogP) is 3.53. The molecular weight excluding hydrogens is 461 g/mol. The molecule has 0 spiro atoms. The first-order chi connectivity index (χ1) is 12.8. The Morgan fingerprint density at radius 3 is 2.63 bits per heavy atom. The van der Waals surface area contributed by atoms with E-state index in [1.807, 2.05) is 0 Å². The average molecular weight is 473 g/mol. The van der Waals surface area contributed by atoms with Gasteiger partial charge in [-0.25, -0.2) is 4.79 Å². The maximum Gasteiger partial charge on any atom is 0.356 e. The molecule has 2 aromatic heterocycles. The monoisotopic (exact) mass is 471 g/mol. The summed E-state index contributed by atoms with van der Waals surface area (Å²) in [6.45, 7) is 0.251. The fourth-order valence-corrected chi connectivity index (χ4v) is 3.15. The van der Waals surface area contributed by atoms with Crippen molar-refractivity contribution in [2.45, 2.75) is 13.1 Å². The van der Waals surface area contributed by atoms with E-state index in [1.54, 1.807) is 29.1 Å². The number of nitrogens with one attached hydrogen (secondary N) is 1. The van der Waals surface area contributed by atoms with Gasteiger partial charge in [-0.15, -0.1) is 0 Å². The second-order valence-corrected chi connectivity index (χ2v) is 7.21. The van der Waals surface area contributed by atoms with Gasteiger partial charge in [0.2, 0.25) is 5.91 Å². The number of halogens is 3. The van der Waals surface area contributed by atoms with Crippen molar-refractivity contribution in [3.05, 3.63) is 62.4 Å². The second-order valence-electron chi connectivity index (χ2n) is 5.51. The maximum absolute atomic E-state index is 12.1. The van der Waals surface area contributed by atoms with Crippen LogP contribution in [0.1, 0.15) is 16.1 Å². The Morgan fingerprint density at radius 1 is 1.19 bits per heavy atom. The largest absolute Gasteiger partial charge is 0.476 e. The summed E-state index contributed by atoms with van der Waals surface area (Å²) in [6.07, 6.45) is 3.12. The Hall–Kier alpha value is -2.36. The smallest absolute Gasteiger partial charge is 0.356 e. The van der Waals surface area contributed by atoms with Crippen LogP contribution in [0.2, 0.25) is 10.0 Å². The van der Waals surface area contributed by atoms with Crippen LogP contribution in [0.4, 0.5) is 5.82 Å². The van der Waals surface area contributed by atoms with Crippen LogP contribution < -0.4 is 5.32 Å². The minimum Gasteiger partial charge on any atom is -0.476 e. The van der Waals surface area contributed by atoms with E-state index < -0.39 is 11.9 Å². The number of rotatable bonds is 6. The molecule has 0 aliphatic carbocycles. The van der Waals surface area contributed by atoms with Gasteiger partial charge in [0.25, 0.3) is 0 Å². The lowest BCUT2D eigenvalue weighted by atomic mass is 10.2. The lowest BCUT2D eigenvalue weighted by Crippen LogP contribution is -2.20. The molecule has 0 saturated heterocycles. The third-order valence-corrected chi connectivity index (χ3v) is 4.65. The van der Waals surface area contributed by atoms with Crippen molar-refractivity contribution in [3.8, 4) is 0 Å². The average Bonchev–Trinajstić information content (AvgIpc) is 3.17. The number of amides is 1. The normalized spacial score (nSPS) is 10.8. The van der Waals surface area contributed by atoms with Crippen LogP contribution >= 0.6 is 39.1 Å². The molecule has 0 atom stereocenters. The molecule has 8 nitrogen and oxygen atoms in total. The Bertz CT molecular complexity index is 1020. The highest BCUT2D eigenvalue weighted by Crippen LogP contribution is 2.24. The van der Waals surface area contributed by atoms with E-state index in [9.17, 15) is 9.59 Å². The minimum atomic E-state index is -1.16. The van der Waals surface area contributed by atoms with E-state index in [0.717, 1.165) is 5.56 Å². The molecule has 0 unspecified atom stereocenters. The van der Waals surface area contributed by atoms with Crippen LogP contribution in [0.25, 0.3) is 0 Å². The van der Waals surface area contributed by atoms with Crippen molar-refractivity contribution >= 4 is 56.8 Å². The van der Waals surface area contributed by atoms with Crippen LogP contribution in [0.15, 0.2) is 41.1 Å². The summed E-state index contributed by atoms with van der Waals surface area (Å²) in [5.41, 5.74) is 0.694. The first-order valence-corrected chi connectivity index (χ1v) is 9.10. The number of aromatic nitrogens is 4. The molecule has 27 heavy (non-hydrogen) atoms. The summed E-state index contributed by atoms with van der Waals surface area (Å²) in [6, 6.07) is 6.50. The van der Waals surface area contributed by atoms with Gasteiger partial charge in [0.05, 0.1) is 11.0 Å². The van der Waals surface area contributed by atoms with E-state index in [-0.39, 0.29) is 12.2 Å². The van der Waals surface area contributed by atoms with E-state index in [4.69, 9.17) is 28.3 Å². The van der Waals surface area contributed by atoms with E-state index in [0.29, 0.717) is 26.9 Å². The molecule has 0 bridgehead atoms. The number of benzene rings is 1. The van der Waals surface area contributed by atoms with Gasteiger partial charge in [0, 0.05) is 22.4 Å². The molecule has 2 N–H and O–H groups in total. The molecule has 0 aliphatic rings. The van der Waals surface area contributed by atoms with E-state index >= 15 is 0 Å². The topological polar surface area (TPSA) is 102 Å². The highest BCUT2D eigenvalue weighted by Gasteiger charge is 2.13. The Labute approximate surface area is 171 Å². The first kappa shape index (κ1) is 19.4. The lowest BCUT2D eigenvalue weighted by Gasteiger charge is -2.05. The molecular formula is C16H12BrCl2N5O3. The molecule has 140 valence electrons. The van der Waals surface area contributed by atoms with Gasteiger partial charge in [-0.05, 0) is 39.7 Å². The minimum absolute atomic E-state index is 0.131. The van der Waals surface area contributed by atoms with Gasteiger partial charge in [-0.2, -0.15) is 10.2 Å². The molecule has 0 radical (unpaired) electrons. The zero-order valence-electron chi connectivity index (χ0n) is 13.6. The summed E-state index contributed by atoms with van der Waals surface area (Å²) in [7, 11) is 0. The first-order valence-electron chi connectivity index (χ1n) is 7.55. The number of anilines is 1. The number of nitrogens with zero attached hydrogens (tertiary/aromatic N) is 4.